The molecule has 1 aliphatic rings. The van der Waals surface area contributed by atoms with Gasteiger partial charge in [-0.3, -0.25) is 0 Å². The van der Waals surface area contributed by atoms with Crippen molar-refractivity contribution in [2.45, 2.75) is 31.4 Å². The molecule has 10 heavy (non-hydrogen) atoms. The largest absolute Gasteiger partial charge is 0.394 e. The molecule has 0 amide bonds. The lowest BCUT2D eigenvalue weighted by atomic mass is 10.2. The number of aliphatic hydroxyl groups excluding tert-OH is 1. The number of hydrogen-bond donors (Lipinski definition) is 2. The Hall–Kier alpha value is -0.120. The van der Waals surface area contributed by atoms with Crippen molar-refractivity contribution in [2.75, 3.05) is 13.2 Å². The van der Waals surface area contributed by atoms with Crippen LogP contribution in [0.1, 0.15) is 19.3 Å². The third kappa shape index (κ3) is 1.94. The third-order valence-corrected chi connectivity index (χ3v) is 1.93. The van der Waals surface area contributed by atoms with Gasteiger partial charge in [-0.25, -0.2) is 0 Å². The van der Waals surface area contributed by atoms with E-state index in [0.29, 0.717) is 6.61 Å². The molecule has 3 heteroatoms. The highest BCUT2D eigenvalue weighted by Crippen LogP contribution is 2.19. The molecule has 0 radical (unpaired) electrons. The maximum absolute atomic E-state index is 8.45. The number of nitrogens with two attached hydrogens (primary N) is 1. The third-order valence-electron chi connectivity index (χ3n) is 1.93. The van der Waals surface area contributed by atoms with E-state index >= 15 is 0 Å². The summed E-state index contributed by atoms with van der Waals surface area (Å²) in [6.07, 6.45) is 3.49. The fraction of sp³-hybridized carbons (Fsp3) is 1.00. The minimum absolute atomic E-state index is 0.100. The van der Waals surface area contributed by atoms with Crippen LogP contribution >= 0.6 is 0 Å². The molecular formula is C7H15NO2. The van der Waals surface area contributed by atoms with Crippen molar-refractivity contribution in [3.05, 3.63) is 0 Å². The molecule has 0 spiro atoms. The van der Waals surface area contributed by atoms with Crippen molar-refractivity contribution >= 4 is 0 Å². The smallest absolute Gasteiger partial charge is 0.0727 e. The number of ether oxygens (including phenoxy) is 1. The van der Waals surface area contributed by atoms with Crippen molar-refractivity contribution in [1.82, 2.24) is 0 Å². The van der Waals surface area contributed by atoms with Crippen LogP contribution in [0.15, 0.2) is 0 Å². The van der Waals surface area contributed by atoms with Crippen LogP contribution in [-0.2, 0) is 4.74 Å². The van der Waals surface area contributed by atoms with Crippen LogP contribution in [0.25, 0.3) is 0 Å². The molecule has 0 saturated heterocycles. The fourth-order valence-corrected chi connectivity index (χ4v) is 1.37. The van der Waals surface area contributed by atoms with Gasteiger partial charge in [0.05, 0.1) is 19.3 Å². The van der Waals surface area contributed by atoms with Gasteiger partial charge in [-0.2, -0.15) is 0 Å². The van der Waals surface area contributed by atoms with E-state index in [-0.39, 0.29) is 18.8 Å². The quantitative estimate of drug-likeness (QED) is 0.582. The van der Waals surface area contributed by atoms with E-state index < -0.39 is 0 Å². The fourth-order valence-electron chi connectivity index (χ4n) is 1.37. The standard InChI is InChI=1S/C7H15NO2/c8-6-2-1-3-7(6)10-5-4-9/h6-7,9H,1-5,8H2. The predicted molar refractivity (Wildman–Crippen MR) is 38.7 cm³/mol. The van der Waals surface area contributed by atoms with Gasteiger partial charge >= 0.3 is 0 Å². The van der Waals surface area contributed by atoms with Gasteiger partial charge in [-0.15, -0.1) is 0 Å². The molecule has 2 atom stereocenters. The molecule has 0 aliphatic heterocycles. The highest BCUT2D eigenvalue weighted by atomic mass is 16.5. The number of aliphatic hydroxyl groups is 1. The Balaban J connectivity index is 2.14. The molecule has 1 saturated carbocycles. The SMILES string of the molecule is NC1CCCC1OCCO. The number of rotatable bonds is 3. The second-order valence-corrected chi connectivity index (χ2v) is 2.73. The minimum Gasteiger partial charge on any atom is -0.394 e. The Bertz CT molecular complexity index is 97.6. The molecule has 1 rings (SSSR count). The molecule has 0 aromatic carbocycles. The summed E-state index contributed by atoms with van der Waals surface area (Å²) >= 11 is 0. The Labute approximate surface area is 61.2 Å². The van der Waals surface area contributed by atoms with Crippen LogP contribution in [0.2, 0.25) is 0 Å². The van der Waals surface area contributed by atoms with Gasteiger partial charge in [-0.1, -0.05) is 0 Å². The van der Waals surface area contributed by atoms with E-state index in [4.69, 9.17) is 15.6 Å². The monoisotopic (exact) mass is 145 g/mol. The molecule has 0 aromatic heterocycles. The lowest BCUT2D eigenvalue weighted by Gasteiger charge is -2.14. The topological polar surface area (TPSA) is 55.5 Å². The van der Waals surface area contributed by atoms with E-state index in [1.165, 1.54) is 0 Å². The van der Waals surface area contributed by atoms with Crippen molar-refractivity contribution in [3.8, 4) is 0 Å². The molecule has 0 aromatic rings. The second-order valence-electron chi connectivity index (χ2n) is 2.73. The van der Waals surface area contributed by atoms with Crippen molar-refractivity contribution in [3.63, 3.8) is 0 Å². The van der Waals surface area contributed by atoms with Gasteiger partial charge in [-0.05, 0) is 19.3 Å². The van der Waals surface area contributed by atoms with Crippen LogP contribution in [0, 0.1) is 0 Å². The molecule has 0 heterocycles. The molecule has 2 unspecified atom stereocenters. The molecular weight excluding hydrogens is 130 g/mol. The zero-order chi connectivity index (χ0) is 7.40. The van der Waals surface area contributed by atoms with E-state index in [1.54, 1.807) is 0 Å². The summed E-state index contributed by atoms with van der Waals surface area (Å²) < 4.78 is 5.29. The van der Waals surface area contributed by atoms with Crippen LogP contribution in [-0.4, -0.2) is 30.5 Å². The first-order valence-corrected chi connectivity index (χ1v) is 3.82. The summed E-state index contributed by atoms with van der Waals surface area (Å²) in [6.45, 7) is 0.529. The average molecular weight is 145 g/mol. The summed E-state index contributed by atoms with van der Waals surface area (Å²) in [5.74, 6) is 0. The Morgan fingerprint density at radius 1 is 1.50 bits per heavy atom. The van der Waals surface area contributed by atoms with E-state index in [9.17, 15) is 0 Å². The van der Waals surface area contributed by atoms with Gasteiger partial charge < -0.3 is 15.6 Å². The molecule has 3 nitrogen and oxygen atoms in total. The van der Waals surface area contributed by atoms with Crippen LogP contribution < -0.4 is 5.73 Å². The van der Waals surface area contributed by atoms with Crippen LogP contribution in [0.4, 0.5) is 0 Å². The summed E-state index contributed by atoms with van der Waals surface area (Å²) in [7, 11) is 0. The van der Waals surface area contributed by atoms with Crippen molar-refractivity contribution in [1.29, 1.82) is 0 Å². The normalized spacial score (nSPS) is 33.0. The minimum atomic E-state index is 0.100. The first-order valence-electron chi connectivity index (χ1n) is 3.82. The van der Waals surface area contributed by atoms with Gasteiger partial charge in [0.2, 0.25) is 0 Å². The summed E-state index contributed by atoms with van der Waals surface area (Å²) in [5, 5.41) is 8.45. The van der Waals surface area contributed by atoms with Crippen LogP contribution in [0.5, 0.6) is 0 Å². The van der Waals surface area contributed by atoms with E-state index in [2.05, 4.69) is 0 Å². The maximum atomic E-state index is 8.45. The molecule has 1 aliphatic carbocycles. The van der Waals surface area contributed by atoms with Gasteiger partial charge in [0, 0.05) is 6.04 Å². The Kier molecular flexibility index (Phi) is 3.12. The highest BCUT2D eigenvalue weighted by Gasteiger charge is 2.23. The van der Waals surface area contributed by atoms with Gasteiger partial charge in [0.15, 0.2) is 0 Å². The summed E-state index contributed by atoms with van der Waals surface area (Å²) in [4.78, 5) is 0. The molecule has 1 fully saturated rings. The highest BCUT2D eigenvalue weighted by molar-refractivity contribution is 4.80. The van der Waals surface area contributed by atoms with Crippen LogP contribution in [0.3, 0.4) is 0 Å². The Morgan fingerprint density at radius 2 is 2.30 bits per heavy atom. The summed E-state index contributed by atoms with van der Waals surface area (Å²) in [6, 6.07) is 0.201. The Morgan fingerprint density at radius 3 is 2.80 bits per heavy atom. The molecule has 3 N–H and O–H groups in total. The molecule has 60 valence electrons. The van der Waals surface area contributed by atoms with E-state index in [0.717, 1.165) is 19.3 Å². The maximum Gasteiger partial charge on any atom is 0.0727 e. The van der Waals surface area contributed by atoms with E-state index in [1.807, 2.05) is 0 Å². The number of hydrogen-bond acceptors (Lipinski definition) is 3. The lowest BCUT2D eigenvalue weighted by Crippen LogP contribution is -2.32. The average Bonchev–Trinajstić information content (AvgIpc) is 2.31. The first kappa shape index (κ1) is 7.98. The lowest BCUT2D eigenvalue weighted by molar-refractivity contribution is 0.0248. The van der Waals surface area contributed by atoms with Gasteiger partial charge in [0.1, 0.15) is 0 Å². The van der Waals surface area contributed by atoms with Crippen molar-refractivity contribution < 1.29 is 9.84 Å². The molecule has 0 bridgehead atoms. The van der Waals surface area contributed by atoms with Gasteiger partial charge in [0.25, 0.3) is 0 Å². The summed E-state index contributed by atoms with van der Waals surface area (Å²) in [5.41, 5.74) is 5.71. The van der Waals surface area contributed by atoms with Crippen molar-refractivity contribution in [2.24, 2.45) is 5.73 Å². The zero-order valence-corrected chi connectivity index (χ0v) is 6.12. The first-order chi connectivity index (χ1) is 4.84. The zero-order valence-electron chi connectivity index (χ0n) is 6.12. The predicted octanol–water partition coefficient (Wildman–Crippen LogP) is -0.125. The second kappa shape index (κ2) is 3.91.